The summed E-state index contributed by atoms with van der Waals surface area (Å²) in [6.07, 6.45) is 3.32. The molecule has 1 aliphatic heterocycles. The highest BCUT2D eigenvalue weighted by molar-refractivity contribution is 6.06. The van der Waals surface area contributed by atoms with Crippen LogP contribution in [0.3, 0.4) is 0 Å². The third kappa shape index (κ3) is 5.34. The van der Waals surface area contributed by atoms with Gasteiger partial charge in [0.05, 0.1) is 29.3 Å². The zero-order chi connectivity index (χ0) is 31.0. The average molecular weight is 601 g/mol. The molecule has 0 fully saturated rings. The minimum atomic E-state index is -4.65. The fourth-order valence-electron chi connectivity index (χ4n) is 5.48. The van der Waals surface area contributed by atoms with Crippen LogP contribution in [0.1, 0.15) is 52.7 Å². The Kier molecular flexibility index (Phi) is 7.50. The van der Waals surface area contributed by atoms with E-state index in [1.165, 1.54) is 23.4 Å². The number of benzene rings is 2. The molecule has 4 aromatic rings. The van der Waals surface area contributed by atoms with E-state index in [0.717, 1.165) is 24.6 Å². The van der Waals surface area contributed by atoms with Crippen molar-refractivity contribution in [3.8, 4) is 5.69 Å². The molecule has 3 heterocycles. The predicted octanol–water partition coefficient (Wildman–Crippen LogP) is 5.24. The maximum absolute atomic E-state index is 14.2. The van der Waals surface area contributed by atoms with Crippen LogP contribution in [0.2, 0.25) is 0 Å². The van der Waals surface area contributed by atoms with Crippen LogP contribution < -0.4 is 15.5 Å². The summed E-state index contributed by atoms with van der Waals surface area (Å²) < 4.78 is 41.8. The van der Waals surface area contributed by atoms with E-state index >= 15 is 0 Å². The van der Waals surface area contributed by atoms with Gasteiger partial charge in [-0.15, -0.1) is 0 Å². The Labute approximate surface area is 250 Å². The second-order valence-corrected chi connectivity index (χ2v) is 10.5. The maximum Gasteiger partial charge on any atom is 0.416 e. The van der Waals surface area contributed by atoms with Crippen molar-refractivity contribution >= 4 is 29.2 Å². The fourth-order valence-corrected chi connectivity index (χ4v) is 5.48. The Morgan fingerprint density at radius 1 is 1.00 bits per heavy atom. The molecule has 1 aliphatic carbocycles. The fraction of sp³-hybridized carbons (Fsp3) is 0.219. The van der Waals surface area contributed by atoms with Crippen LogP contribution >= 0.6 is 0 Å². The van der Waals surface area contributed by atoms with Gasteiger partial charge in [0.25, 0.3) is 17.7 Å². The summed E-state index contributed by atoms with van der Waals surface area (Å²) in [7, 11) is 0. The molecule has 0 saturated heterocycles. The first-order valence-corrected chi connectivity index (χ1v) is 14.0. The number of rotatable bonds is 7. The molecule has 0 saturated carbocycles. The molecule has 0 bridgehead atoms. The Morgan fingerprint density at radius 3 is 2.45 bits per heavy atom. The van der Waals surface area contributed by atoms with Crippen LogP contribution in [0.15, 0.2) is 90.9 Å². The SMILES string of the molecule is CCN1C(=O)[C@@H](NC(=O)c2cccc(C(F)(F)F)c2)[C@H](c2cncc(NC(=O)C3=CCC3)c2)c2cnn(-c3ccccc3)c21. The normalized spacial score (nSPS) is 17.8. The molecule has 2 aliphatic rings. The Balaban J connectivity index is 1.44. The summed E-state index contributed by atoms with van der Waals surface area (Å²) >= 11 is 0. The number of carbonyl (C=O) groups is 3. The Bertz CT molecular complexity index is 1780. The number of halogens is 3. The largest absolute Gasteiger partial charge is 0.416 e. The molecule has 0 unspecified atom stereocenters. The molecular weight excluding hydrogens is 573 g/mol. The van der Waals surface area contributed by atoms with Gasteiger partial charge in [-0.3, -0.25) is 24.3 Å². The molecule has 6 rings (SSSR count). The van der Waals surface area contributed by atoms with Crippen LogP contribution in [-0.2, 0) is 15.8 Å². The maximum atomic E-state index is 14.2. The number of nitrogens with one attached hydrogen (secondary N) is 2. The van der Waals surface area contributed by atoms with E-state index in [2.05, 4.69) is 20.7 Å². The topological polar surface area (TPSA) is 109 Å². The van der Waals surface area contributed by atoms with E-state index < -0.39 is 35.5 Å². The lowest BCUT2D eigenvalue weighted by atomic mass is 9.83. The lowest BCUT2D eigenvalue weighted by molar-refractivity contribution is -0.137. The third-order valence-electron chi connectivity index (χ3n) is 7.76. The van der Waals surface area contributed by atoms with Gasteiger partial charge in [-0.25, -0.2) is 4.68 Å². The molecule has 2 aromatic carbocycles. The molecule has 0 radical (unpaired) electrons. The van der Waals surface area contributed by atoms with Crippen molar-refractivity contribution in [1.82, 2.24) is 20.1 Å². The Morgan fingerprint density at radius 2 is 1.77 bits per heavy atom. The number of alkyl halides is 3. The van der Waals surface area contributed by atoms with Crippen LogP contribution in [-0.4, -0.2) is 45.1 Å². The van der Waals surface area contributed by atoms with Crippen molar-refractivity contribution in [3.63, 3.8) is 0 Å². The quantitative estimate of drug-likeness (QED) is 0.302. The number of nitrogens with zero attached hydrogens (tertiary/aromatic N) is 4. The number of fused-ring (bicyclic) bond motifs is 1. The lowest BCUT2D eigenvalue weighted by Gasteiger charge is -2.38. The molecule has 44 heavy (non-hydrogen) atoms. The monoisotopic (exact) mass is 600 g/mol. The first-order chi connectivity index (χ1) is 21.2. The number of pyridine rings is 1. The summed E-state index contributed by atoms with van der Waals surface area (Å²) in [5.74, 6) is -1.91. The number of allylic oxidation sites excluding steroid dienone is 1. The predicted molar refractivity (Wildman–Crippen MR) is 156 cm³/mol. The van der Waals surface area contributed by atoms with Gasteiger partial charge in [0, 0.05) is 35.4 Å². The van der Waals surface area contributed by atoms with Crippen LogP contribution in [0.25, 0.3) is 5.69 Å². The number of anilines is 2. The highest BCUT2D eigenvalue weighted by Gasteiger charge is 2.44. The molecular formula is C32H27F3N6O3. The molecule has 3 amide bonds. The van der Waals surface area contributed by atoms with E-state index in [4.69, 9.17) is 0 Å². The summed E-state index contributed by atoms with van der Waals surface area (Å²) in [5.41, 5.74) is 1.64. The van der Waals surface area contributed by atoms with Gasteiger partial charge >= 0.3 is 6.18 Å². The molecule has 2 N–H and O–H groups in total. The van der Waals surface area contributed by atoms with Crippen molar-refractivity contribution < 1.29 is 27.6 Å². The van der Waals surface area contributed by atoms with Gasteiger partial charge in [0.1, 0.15) is 11.9 Å². The highest BCUT2D eigenvalue weighted by atomic mass is 19.4. The minimum absolute atomic E-state index is 0.233. The number of aromatic nitrogens is 3. The van der Waals surface area contributed by atoms with Gasteiger partial charge in [-0.05, 0) is 61.7 Å². The second-order valence-electron chi connectivity index (χ2n) is 10.5. The number of hydrogen-bond donors (Lipinski definition) is 2. The summed E-state index contributed by atoms with van der Waals surface area (Å²) in [6.45, 7) is 2.01. The molecule has 224 valence electrons. The molecule has 2 atom stereocenters. The van der Waals surface area contributed by atoms with E-state index in [1.54, 1.807) is 23.9 Å². The van der Waals surface area contributed by atoms with Gasteiger partial charge in [0.15, 0.2) is 0 Å². The number of carbonyl (C=O) groups excluding carboxylic acids is 3. The first kappa shape index (κ1) is 28.8. The van der Waals surface area contributed by atoms with Crippen LogP contribution in [0, 0.1) is 0 Å². The van der Waals surface area contributed by atoms with Crippen molar-refractivity contribution in [2.45, 2.75) is 37.9 Å². The molecule has 12 heteroatoms. The number of hydrogen-bond acceptors (Lipinski definition) is 5. The number of para-hydroxylation sites is 1. The van der Waals surface area contributed by atoms with E-state index in [0.29, 0.717) is 40.3 Å². The van der Waals surface area contributed by atoms with Gasteiger partial charge in [-0.2, -0.15) is 18.3 Å². The standard InChI is InChI=1S/C32H27F3N6O3/c1-2-40-30-25(18-37-41(30)24-12-4-3-5-13-24)26(21-15-23(17-36-16-21)38-28(42)19-8-6-9-19)27(31(40)44)39-29(43)20-10-7-11-22(14-20)32(33,34)35/h3-5,7-8,10-18,26-27H,2,6,9H2,1H3,(H,38,42)(H,39,43)/t26-,27+/m1/s1. The van der Waals surface area contributed by atoms with Gasteiger partial charge in [0.2, 0.25) is 0 Å². The summed E-state index contributed by atoms with van der Waals surface area (Å²) in [4.78, 5) is 46.0. The molecule has 0 spiro atoms. The number of likely N-dealkylation sites (N-methyl/N-ethyl adjacent to an activating group) is 1. The minimum Gasteiger partial charge on any atom is -0.339 e. The lowest BCUT2D eigenvalue weighted by Crippen LogP contribution is -2.55. The second kappa shape index (κ2) is 11.4. The van der Waals surface area contributed by atoms with Crippen LogP contribution in [0.4, 0.5) is 24.7 Å². The summed E-state index contributed by atoms with van der Waals surface area (Å²) in [6, 6.07) is 13.7. The highest BCUT2D eigenvalue weighted by Crippen LogP contribution is 2.42. The third-order valence-corrected chi connectivity index (χ3v) is 7.76. The number of amides is 3. The van der Waals surface area contributed by atoms with E-state index in [-0.39, 0.29) is 18.0 Å². The molecule has 9 nitrogen and oxygen atoms in total. The smallest absolute Gasteiger partial charge is 0.339 e. The average Bonchev–Trinajstić information content (AvgIpc) is 3.41. The zero-order valence-electron chi connectivity index (χ0n) is 23.5. The van der Waals surface area contributed by atoms with Crippen molar-refractivity contribution in [3.05, 3.63) is 113 Å². The van der Waals surface area contributed by atoms with E-state index in [9.17, 15) is 27.6 Å². The summed E-state index contributed by atoms with van der Waals surface area (Å²) in [5, 5.41) is 10.1. The first-order valence-electron chi connectivity index (χ1n) is 14.0. The zero-order valence-corrected chi connectivity index (χ0v) is 23.5. The molecule has 2 aromatic heterocycles. The van der Waals surface area contributed by atoms with Crippen molar-refractivity contribution in [2.24, 2.45) is 0 Å². The van der Waals surface area contributed by atoms with E-state index in [1.807, 2.05) is 36.4 Å². The van der Waals surface area contributed by atoms with Gasteiger partial charge in [-0.1, -0.05) is 30.3 Å². The van der Waals surface area contributed by atoms with Crippen molar-refractivity contribution in [2.75, 3.05) is 16.8 Å². The van der Waals surface area contributed by atoms with Crippen molar-refractivity contribution in [1.29, 1.82) is 0 Å². The Hall–Kier alpha value is -5.26. The van der Waals surface area contributed by atoms with Crippen LogP contribution in [0.5, 0.6) is 0 Å². The van der Waals surface area contributed by atoms with Gasteiger partial charge < -0.3 is 10.6 Å².